The van der Waals surface area contributed by atoms with Crippen LogP contribution in [0.15, 0.2) is 0 Å². The lowest BCUT2D eigenvalue weighted by Gasteiger charge is -2.21. The maximum Gasteiger partial charge on any atom is 0.317 e. The number of aliphatic hydroxyl groups excluding tert-OH is 1. The Labute approximate surface area is 305 Å². The molecule has 0 heterocycles. The first kappa shape index (κ1) is 47.8. The number of esters is 4. The molecule has 0 aliphatic rings. The van der Waals surface area contributed by atoms with Crippen LogP contribution in [0.5, 0.6) is 0 Å². The van der Waals surface area contributed by atoms with Gasteiger partial charge in [0.25, 0.3) is 0 Å². The van der Waals surface area contributed by atoms with Gasteiger partial charge < -0.3 is 24.1 Å². The van der Waals surface area contributed by atoms with Crippen molar-refractivity contribution in [3.05, 3.63) is 0 Å². The van der Waals surface area contributed by atoms with Gasteiger partial charge in [-0.2, -0.15) is 0 Å². The lowest BCUT2D eigenvalue weighted by Crippen LogP contribution is -2.34. The van der Waals surface area contributed by atoms with E-state index in [0.29, 0.717) is 45.5 Å². The van der Waals surface area contributed by atoms with Gasteiger partial charge in [0.05, 0.1) is 13.2 Å². The molecule has 0 saturated carbocycles. The Balaban J connectivity index is 4.25. The molecule has 0 fully saturated rings. The molecule has 1 N–H and O–H groups in total. The summed E-state index contributed by atoms with van der Waals surface area (Å²) in [7, 11) is 0. The number of aliphatic hydroxyl groups is 1. The third-order valence-corrected chi connectivity index (χ3v) is 8.88. The second-order valence-electron chi connectivity index (χ2n) is 13.6. The Bertz CT molecular complexity index is 807. The molecule has 0 aromatic rings. The summed E-state index contributed by atoms with van der Waals surface area (Å²) in [5.74, 6) is -1.73. The Hall–Kier alpha value is -2.20. The average molecular weight is 714 g/mol. The van der Waals surface area contributed by atoms with E-state index in [4.69, 9.17) is 18.9 Å². The SMILES string of the molecule is CCCCCCCCOC(=O)CCCCC(=O)OCCN(CCO)CCOC(=O)CC(=O)OC(CCCCCCCC)CCCCCCCC. The van der Waals surface area contributed by atoms with E-state index in [1.165, 1.54) is 77.0 Å². The van der Waals surface area contributed by atoms with Gasteiger partial charge in [0.1, 0.15) is 25.7 Å². The van der Waals surface area contributed by atoms with Crippen molar-refractivity contribution >= 4 is 23.9 Å². The van der Waals surface area contributed by atoms with Crippen LogP contribution in [0.25, 0.3) is 0 Å². The summed E-state index contributed by atoms with van der Waals surface area (Å²) in [4.78, 5) is 50.8. The summed E-state index contributed by atoms with van der Waals surface area (Å²) in [6.07, 6.45) is 23.7. The zero-order valence-corrected chi connectivity index (χ0v) is 32.4. The monoisotopic (exact) mass is 714 g/mol. The molecular formula is C40H75NO9. The first-order valence-electron chi connectivity index (χ1n) is 20.4. The molecule has 0 spiro atoms. The van der Waals surface area contributed by atoms with E-state index in [-0.39, 0.29) is 44.3 Å². The molecule has 50 heavy (non-hydrogen) atoms. The summed E-state index contributed by atoms with van der Waals surface area (Å²) in [5.41, 5.74) is 0. The molecule has 0 saturated heterocycles. The standard InChI is InChI=1S/C40H75NO9/c1-4-7-10-13-16-19-24-36(25-20-17-14-11-8-5-2)50-40(46)35-39(45)49-34-30-41(28-31-42)29-33-48-38(44)27-22-21-26-37(43)47-32-23-18-15-12-9-6-3/h36,42H,4-35H2,1-3H3. The summed E-state index contributed by atoms with van der Waals surface area (Å²) >= 11 is 0. The van der Waals surface area contributed by atoms with Crippen molar-refractivity contribution < 1.29 is 43.2 Å². The van der Waals surface area contributed by atoms with Crippen LogP contribution in [0, 0.1) is 0 Å². The van der Waals surface area contributed by atoms with Gasteiger partial charge in [0.15, 0.2) is 0 Å². The largest absolute Gasteiger partial charge is 0.466 e. The van der Waals surface area contributed by atoms with Crippen molar-refractivity contribution in [2.24, 2.45) is 0 Å². The molecule has 0 aromatic heterocycles. The number of rotatable bonds is 37. The Morgan fingerprint density at radius 3 is 1.38 bits per heavy atom. The quantitative estimate of drug-likeness (QED) is 0.0289. The van der Waals surface area contributed by atoms with Crippen molar-refractivity contribution in [3.8, 4) is 0 Å². The molecule has 0 aliphatic heterocycles. The number of carbonyl (C=O) groups is 4. The van der Waals surface area contributed by atoms with E-state index in [2.05, 4.69) is 20.8 Å². The van der Waals surface area contributed by atoms with E-state index in [0.717, 1.165) is 51.4 Å². The van der Waals surface area contributed by atoms with Gasteiger partial charge in [-0.15, -0.1) is 0 Å². The number of ether oxygens (including phenoxy) is 4. The van der Waals surface area contributed by atoms with Crippen molar-refractivity contribution in [1.82, 2.24) is 4.90 Å². The number of hydrogen-bond donors (Lipinski definition) is 1. The zero-order chi connectivity index (χ0) is 36.9. The van der Waals surface area contributed by atoms with Crippen LogP contribution in [-0.4, -0.2) is 86.0 Å². The number of hydrogen-bond acceptors (Lipinski definition) is 10. The second kappa shape index (κ2) is 36.6. The molecule has 0 aliphatic carbocycles. The number of nitrogens with zero attached hydrogens (tertiary/aromatic N) is 1. The predicted octanol–water partition coefficient (Wildman–Crippen LogP) is 8.63. The molecular weight excluding hydrogens is 638 g/mol. The molecule has 0 unspecified atom stereocenters. The molecule has 10 heteroatoms. The number of carbonyl (C=O) groups excluding carboxylic acids is 4. The summed E-state index contributed by atoms with van der Waals surface area (Å²) in [6.45, 7) is 8.18. The molecule has 0 rings (SSSR count). The summed E-state index contributed by atoms with van der Waals surface area (Å²) in [5, 5.41) is 9.43. The maximum atomic E-state index is 12.6. The highest BCUT2D eigenvalue weighted by Gasteiger charge is 2.19. The summed E-state index contributed by atoms with van der Waals surface area (Å²) in [6, 6.07) is 0. The van der Waals surface area contributed by atoms with Crippen molar-refractivity contribution in [1.29, 1.82) is 0 Å². The maximum absolute atomic E-state index is 12.6. The molecule has 0 atom stereocenters. The van der Waals surface area contributed by atoms with Gasteiger partial charge >= 0.3 is 23.9 Å². The van der Waals surface area contributed by atoms with Crippen LogP contribution < -0.4 is 0 Å². The van der Waals surface area contributed by atoms with Gasteiger partial charge in [-0.1, -0.05) is 117 Å². The van der Waals surface area contributed by atoms with Crippen LogP contribution in [0.4, 0.5) is 0 Å². The Morgan fingerprint density at radius 2 is 0.900 bits per heavy atom. The lowest BCUT2D eigenvalue weighted by molar-refractivity contribution is -0.158. The fourth-order valence-electron chi connectivity index (χ4n) is 5.77. The molecule has 0 radical (unpaired) electrons. The van der Waals surface area contributed by atoms with Gasteiger partial charge in [-0.3, -0.25) is 24.1 Å². The van der Waals surface area contributed by atoms with E-state index in [1.807, 2.05) is 4.90 Å². The summed E-state index contributed by atoms with van der Waals surface area (Å²) < 4.78 is 21.6. The minimum Gasteiger partial charge on any atom is -0.466 e. The first-order valence-corrected chi connectivity index (χ1v) is 20.4. The Kier molecular flexibility index (Phi) is 35.0. The van der Waals surface area contributed by atoms with Gasteiger partial charge in [0, 0.05) is 32.5 Å². The van der Waals surface area contributed by atoms with Crippen LogP contribution in [0.2, 0.25) is 0 Å². The third kappa shape index (κ3) is 33.0. The normalized spacial score (nSPS) is 11.2. The third-order valence-electron chi connectivity index (χ3n) is 8.88. The average Bonchev–Trinajstić information content (AvgIpc) is 3.09. The van der Waals surface area contributed by atoms with E-state index >= 15 is 0 Å². The van der Waals surface area contributed by atoms with Crippen molar-refractivity contribution in [3.63, 3.8) is 0 Å². The van der Waals surface area contributed by atoms with Gasteiger partial charge in [-0.25, -0.2) is 0 Å². The first-order chi connectivity index (χ1) is 24.4. The minimum absolute atomic E-state index is 0.0496. The van der Waals surface area contributed by atoms with E-state index in [9.17, 15) is 24.3 Å². The number of unbranched alkanes of at least 4 members (excludes halogenated alkanes) is 16. The fourth-order valence-corrected chi connectivity index (χ4v) is 5.77. The van der Waals surface area contributed by atoms with Crippen LogP contribution in [0.1, 0.15) is 181 Å². The topological polar surface area (TPSA) is 129 Å². The van der Waals surface area contributed by atoms with Crippen LogP contribution >= 0.6 is 0 Å². The zero-order valence-electron chi connectivity index (χ0n) is 32.4. The molecule has 0 aromatic carbocycles. The van der Waals surface area contributed by atoms with E-state index in [1.54, 1.807) is 0 Å². The van der Waals surface area contributed by atoms with Crippen LogP contribution in [-0.2, 0) is 38.1 Å². The fraction of sp³-hybridized carbons (Fsp3) is 0.900. The second-order valence-corrected chi connectivity index (χ2v) is 13.6. The predicted molar refractivity (Wildman–Crippen MR) is 199 cm³/mol. The van der Waals surface area contributed by atoms with Gasteiger partial charge in [-0.05, 0) is 44.9 Å². The van der Waals surface area contributed by atoms with E-state index < -0.39 is 18.4 Å². The van der Waals surface area contributed by atoms with Crippen molar-refractivity contribution in [2.75, 3.05) is 46.1 Å². The van der Waals surface area contributed by atoms with Gasteiger partial charge in [0.2, 0.25) is 0 Å². The highest BCUT2D eigenvalue weighted by molar-refractivity contribution is 5.91. The highest BCUT2D eigenvalue weighted by Crippen LogP contribution is 2.17. The minimum atomic E-state index is -0.630. The lowest BCUT2D eigenvalue weighted by atomic mass is 10.0. The highest BCUT2D eigenvalue weighted by atomic mass is 16.6. The molecule has 0 bridgehead atoms. The smallest absolute Gasteiger partial charge is 0.317 e. The molecule has 0 amide bonds. The van der Waals surface area contributed by atoms with Crippen molar-refractivity contribution in [2.45, 2.75) is 187 Å². The molecule has 294 valence electrons. The Morgan fingerprint density at radius 1 is 0.480 bits per heavy atom. The molecule has 10 nitrogen and oxygen atoms in total. The van der Waals surface area contributed by atoms with Crippen LogP contribution in [0.3, 0.4) is 0 Å².